The molecule has 0 spiro atoms. The molecule has 1 aromatic heterocycles. The molecule has 1 N–H and O–H groups in total. The molecule has 4 rings (SSSR count). The molecular formula is C21H19Cl2NO4. The van der Waals surface area contributed by atoms with Crippen LogP contribution in [0.25, 0.3) is 11.0 Å². The molecule has 0 bridgehead atoms. The van der Waals surface area contributed by atoms with Gasteiger partial charge in [0, 0.05) is 11.5 Å². The van der Waals surface area contributed by atoms with Gasteiger partial charge in [-0.3, -0.25) is 0 Å². The van der Waals surface area contributed by atoms with E-state index in [2.05, 4.69) is 5.32 Å². The number of fused-ring (bicyclic) bond motifs is 1. The van der Waals surface area contributed by atoms with E-state index >= 15 is 0 Å². The van der Waals surface area contributed by atoms with E-state index in [9.17, 15) is 4.79 Å². The van der Waals surface area contributed by atoms with Crippen LogP contribution in [0.15, 0.2) is 45.6 Å². The predicted molar refractivity (Wildman–Crippen MR) is 112 cm³/mol. The number of anilines is 2. The Morgan fingerprint density at radius 3 is 2.50 bits per heavy atom. The molecule has 1 aliphatic carbocycles. The molecule has 28 heavy (non-hydrogen) atoms. The molecule has 146 valence electrons. The summed E-state index contributed by atoms with van der Waals surface area (Å²) in [5.74, 6) is 0.966. The number of halogens is 2. The van der Waals surface area contributed by atoms with Gasteiger partial charge in [0.25, 0.3) is 0 Å². The monoisotopic (exact) mass is 419 g/mol. The maximum atomic E-state index is 12.3. The number of nitrogens with one attached hydrogen (secondary N) is 1. The van der Waals surface area contributed by atoms with Crippen molar-refractivity contribution in [3.63, 3.8) is 0 Å². The van der Waals surface area contributed by atoms with Crippen molar-refractivity contribution >= 4 is 45.5 Å². The molecule has 0 aliphatic heterocycles. The lowest BCUT2D eigenvalue weighted by Crippen LogP contribution is -2.12. The minimum Gasteiger partial charge on any atom is -0.493 e. The van der Waals surface area contributed by atoms with Crippen LogP contribution in [-0.2, 0) is 0 Å². The highest BCUT2D eigenvalue weighted by Gasteiger charge is 2.23. The number of ether oxygens (including phenoxy) is 2. The van der Waals surface area contributed by atoms with Gasteiger partial charge in [0.05, 0.1) is 34.6 Å². The van der Waals surface area contributed by atoms with E-state index in [-0.39, 0.29) is 6.10 Å². The molecule has 7 heteroatoms. The van der Waals surface area contributed by atoms with E-state index in [4.69, 9.17) is 37.1 Å². The van der Waals surface area contributed by atoms with Gasteiger partial charge in [-0.05, 0) is 49.9 Å². The van der Waals surface area contributed by atoms with Gasteiger partial charge in [0.15, 0.2) is 11.3 Å². The third-order valence-corrected chi connectivity index (χ3v) is 5.49. The highest BCUT2D eigenvalue weighted by Crippen LogP contribution is 2.41. The molecule has 0 saturated heterocycles. The number of methoxy groups -OCH3 is 1. The van der Waals surface area contributed by atoms with Crippen LogP contribution < -0.4 is 20.4 Å². The first-order valence-corrected chi connectivity index (χ1v) is 9.85. The third kappa shape index (κ3) is 3.64. The Bertz CT molecular complexity index is 1050. The standard InChI is InChI=1S/C21H19Cl2NO4/c1-26-17-10-9-13-16(24-19-14(22)7-4-8-15(19)23)11-18(25)28-20(13)21(17)27-12-5-2-3-6-12/h4,7-12,24H,2-3,5-6H2,1H3. The Hall–Kier alpha value is -2.37. The maximum absolute atomic E-state index is 12.3. The summed E-state index contributed by atoms with van der Waals surface area (Å²) in [5, 5.41) is 4.73. The van der Waals surface area contributed by atoms with Crippen LogP contribution in [-0.4, -0.2) is 13.2 Å². The fourth-order valence-corrected chi connectivity index (χ4v) is 3.98. The predicted octanol–water partition coefficient (Wildman–Crippen LogP) is 6.17. The third-order valence-electron chi connectivity index (χ3n) is 4.86. The average molecular weight is 420 g/mol. The lowest BCUT2D eigenvalue weighted by molar-refractivity contribution is 0.200. The first-order valence-electron chi connectivity index (χ1n) is 9.09. The van der Waals surface area contributed by atoms with Crippen LogP contribution in [0.4, 0.5) is 11.4 Å². The highest BCUT2D eigenvalue weighted by molar-refractivity contribution is 6.39. The molecule has 1 fully saturated rings. The van der Waals surface area contributed by atoms with Gasteiger partial charge in [-0.1, -0.05) is 29.3 Å². The molecular weight excluding hydrogens is 401 g/mol. The number of hydrogen-bond acceptors (Lipinski definition) is 5. The molecule has 0 atom stereocenters. The molecule has 2 aromatic carbocycles. The van der Waals surface area contributed by atoms with E-state index in [0.717, 1.165) is 25.7 Å². The smallest absolute Gasteiger partial charge is 0.338 e. The molecule has 0 radical (unpaired) electrons. The normalized spacial score (nSPS) is 14.4. The van der Waals surface area contributed by atoms with Gasteiger partial charge in [0.1, 0.15) is 0 Å². The zero-order chi connectivity index (χ0) is 19.7. The SMILES string of the molecule is COc1ccc2c(Nc3c(Cl)cccc3Cl)cc(=O)oc2c1OC1CCCC1. The summed E-state index contributed by atoms with van der Waals surface area (Å²) < 4.78 is 17.1. The van der Waals surface area contributed by atoms with E-state index in [1.807, 2.05) is 6.07 Å². The van der Waals surface area contributed by atoms with Gasteiger partial charge in [-0.15, -0.1) is 0 Å². The van der Waals surface area contributed by atoms with Gasteiger partial charge in [-0.2, -0.15) is 0 Å². The quantitative estimate of drug-likeness (QED) is 0.500. The van der Waals surface area contributed by atoms with Crippen molar-refractivity contribution < 1.29 is 13.9 Å². The van der Waals surface area contributed by atoms with Crippen molar-refractivity contribution in [1.29, 1.82) is 0 Å². The fraction of sp³-hybridized carbons (Fsp3) is 0.286. The van der Waals surface area contributed by atoms with Crippen molar-refractivity contribution in [2.24, 2.45) is 0 Å². The molecule has 3 aromatic rings. The van der Waals surface area contributed by atoms with Gasteiger partial charge < -0.3 is 19.2 Å². The van der Waals surface area contributed by atoms with Gasteiger partial charge in [-0.25, -0.2) is 4.79 Å². The van der Waals surface area contributed by atoms with Crippen molar-refractivity contribution in [3.8, 4) is 11.5 Å². The largest absolute Gasteiger partial charge is 0.493 e. The summed E-state index contributed by atoms with van der Waals surface area (Å²) in [6.07, 6.45) is 4.27. The van der Waals surface area contributed by atoms with Crippen molar-refractivity contribution in [2.45, 2.75) is 31.8 Å². The van der Waals surface area contributed by atoms with Crippen molar-refractivity contribution in [1.82, 2.24) is 0 Å². The number of para-hydroxylation sites is 1. The summed E-state index contributed by atoms with van der Waals surface area (Å²) in [4.78, 5) is 12.3. The lowest BCUT2D eigenvalue weighted by atomic mass is 10.1. The molecule has 1 saturated carbocycles. The summed E-state index contributed by atoms with van der Waals surface area (Å²) in [6, 6.07) is 10.2. The van der Waals surface area contributed by atoms with Crippen LogP contribution in [0.3, 0.4) is 0 Å². The fourth-order valence-electron chi connectivity index (χ4n) is 3.48. The molecule has 0 amide bonds. The maximum Gasteiger partial charge on any atom is 0.338 e. The molecule has 1 aliphatic rings. The van der Waals surface area contributed by atoms with Gasteiger partial charge in [0.2, 0.25) is 5.75 Å². The molecule has 5 nitrogen and oxygen atoms in total. The minimum absolute atomic E-state index is 0.0828. The molecule has 0 unspecified atom stereocenters. The van der Waals surface area contributed by atoms with Gasteiger partial charge >= 0.3 is 5.63 Å². The summed E-state index contributed by atoms with van der Waals surface area (Å²) in [6.45, 7) is 0. The van der Waals surface area contributed by atoms with Crippen LogP contribution >= 0.6 is 23.2 Å². The van der Waals surface area contributed by atoms with Crippen LogP contribution in [0.2, 0.25) is 10.0 Å². The number of rotatable bonds is 5. The highest BCUT2D eigenvalue weighted by atomic mass is 35.5. The second kappa shape index (κ2) is 7.94. The Balaban J connectivity index is 1.85. The summed E-state index contributed by atoms with van der Waals surface area (Å²) in [7, 11) is 1.56. The molecule has 1 heterocycles. The first kappa shape index (κ1) is 19.0. The van der Waals surface area contributed by atoms with Crippen LogP contribution in [0.1, 0.15) is 25.7 Å². The van der Waals surface area contributed by atoms with E-state index in [1.54, 1.807) is 31.4 Å². The van der Waals surface area contributed by atoms with Crippen LogP contribution in [0, 0.1) is 0 Å². The first-order chi connectivity index (χ1) is 13.6. The zero-order valence-electron chi connectivity index (χ0n) is 15.3. The zero-order valence-corrected chi connectivity index (χ0v) is 16.8. The minimum atomic E-state index is -0.511. The Morgan fingerprint density at radius 1 is 1.11 bits per heavy atom. The second-order valence-electron chi connectivity index (χ2n) is 6.70. The lowest BCUT2D eigenvalue weighted by Gasteiger charge is -2.18. The summed E-state index contributed by atoms with van der Waals surface area (Å²) in [5.41, 5.74) is 0.874. The topological polar surface area (TPSA) is 60.7 Å². The van der Waals surface area contributed by atoms with Crippen molar-refractivity contribution in [2.75, 3.05) is 12.4 Å². The number of benzene rings is 2. The van der Waals surface area contributed by atoms with E-state index in [1.165, 1.54) is 6.07 Å². The van der Waals surface area contributed by atoms with E-state index < -0.39 is 5.63 Å². The Kier molecular flexibility index (Phi) is 5.38. The Morgan fingerprint density at radius 2 is 1.82 bits per heavy atom. The average Bonchev–Trinajstić information content (AvgIpc) is 3.18. The second-order valence-corrected chi connectivity index (χ2v) is 7.51. The number of hydrogen-bond donors (Lipinski definition) is 1. The van der Waals surface area contributed by atoms with Crippen molar-refractivity contribution in [3.05, 3.63) is 56.9 Å². The van der Waals surface area contributed by atoms with E-state index in [0.29, 0.717) is 43.9 Å². The summed E-state index contributed by atoms with van der Waals surface area (Å²) >= 11 is 12.5. The van der Waals surface area contributed by atoms with Crippen LogP contribution in [0.5, 0.6) is 11.5 Å². The Labute approximate surface area is 172 Å².